The van der Waals surface area contributed by atoms with Crippen LogP contribution in [0.25, 0.3) is 0 Å². The number of rotatable bonds is 2. The van der Waals surface area contributed by atoms with Gasteiger partial charge in [0.15, 0.2) is 0 Å². The van der Waals surface area contributed by atoms with Gasteiger partial charge in [-0.05, 0) is 36.3 Å². The number of anilines is 2. The molecule has 1 amide bonds. The van der Waals surface area contributed by atoms with Gasteiger partial charge in [0.2, 0.25) is 5.91 Å². The molecule has 2 N–H and O–H groups in total. The third-order valence-corrected chi connectivity index (χ3v) is 4.06. The molecule has 5 heteroatoms. The maximum absolute atomic E-state index is 11.9. The van der Waals surface area contributed by atoms with E-state index in [4.69, 9.17) is 5.73 Å². The zero-order valence-corrected chi connectivity index (χ0v) is 12.1. The van der Waals surface area contributed by atoms with Gasteiger partial charge in [-0.3, -0.25) is 4.79 Å². The number of halogens is 1. The standard InChI is InChI=1S/C12H15BrN2OS/c1-7-2-9(13)4-10(12(7)14)15-5-8(6-17)3-11(15)16/h2,4,8,17H,3,5-6,14H2,1H3. The molecule has 92 valence electrons. The van der Waals surface area contributed by atoms with Crippen LogP contribution in [-0.4, -0.2) is 18.2 Å². The minimum Gasteiger partial charge on any atom is -0.397 e. The molecule has 0 bridgehead atoms. The van der Waals surface area contributed by atoms with E-state index in [9.17, 15) is 4.79 Å². The van der Waals surface area contributed by atoms with E-state index in [-0.39, 0.29) is 5.91 Å². The second-order valence-electron chi connectivity index (χ2n) is 4.41. The Hall–Kier alpha value is -0.680. The van der Waals surface area contributed by atoms with E-state index in [1.165, 1.54) is 0 Å². The molecule has 17 heavy (non-hydrogen) atoms. The van der Waals surface area contributed by atoms with E-state index in [2.05, 4.69) is 28.6 Å². The smallest absolute Gasteiger partial charge is 0.227 e. The Morgan fingerprint density at radius 1 is 1.59 bits per heavy atom. The number of thiol groups is 1. The predicted octanol–water partition coefficient (Wildman–Crippen LogP) is 2.62. The number of hydrogen-bond acceptors (Lipinski definition) is 3. The van der Waals surface area contributed by atoms with Gasteiger partial charge in [0, 0.05) is 17.4 Å². The summed E-state index contributed by atoms with van der Waals surface area (Å²) in [6.45, 7) is 2.66. The molecule has 0 radical (unpaired) electrons. The van der Waals surface area contributed by atoms with Crippen LogP contribution in [0.1, 0.15) is 12.0 Å². The predicted molar refractivity (Wildman–Crippen MR) is 77.6 cm³/mol. The number of amides is 1. The van der Waals surface area contributed by atoms with E-state index in [1.807, 2.05) is 19.1 Å². The largest absolute Gasteiger partial charge is 0.397 e. The molecule has 0 saturated carbocycles. The van der Waals surface area contributed by atoms with Crippen LogP contribution in [0.2, 0.25) is 0 Å². The molecule has 1 heterocycles. The zero-order valence-electron chi connectivity index (χ0n) is 9.61. The Morgan fingerprint density at radius 3 is 2.88 bits per heavy atom. The van der Waals surface area contributed by atoms with Crippen molar-refractivity contribution in [2.45, 2.75) is 13.3 Å². The molecular weight excluding hydrogens is 300 g/mol. The Bertz CT molecular complexity index is 464. The maximum Gasteiger partial charge on any atom is 0.227 e. The van der Waals surface area contributed by atoms with Crippen molar-refractivity contribution in [3.05, 3.63) is 22.2 Å². The Balaban J connectivity index is 2.38. The fourth-order valence-corrected chi connectivity index (χ4v) is 2.90. The number of hydrogen-bond donors (Lipinski definition) is 2. The highest BCUT2D eigenvalue weighted by Crippen LogP contribution is 2.34. The fourth-order valence-electron chi connectivity index (χ4n) is 2.10. The molecule has 1 fully saturated rings. The van der Waals surface area contributed by atoms with Crippen molar-refractivity contribution >= 4 is 45.8 Å². The van der Waals surface area contributed by atoms with Crippen LogP contribution in [0.3, 0.4) is 0 Å². The minimum absolute atomic E-state index is 0.133. The van der Waals surface area contributed by atoms with Crippen LogP contribution >= 0.6 is 28.6 Å². The number of nitrogens with zero attached hydrogens (tertiary/aromatic N) is 1. The summed E-state index contributed by atoms with van der Waals surface area (Å²) in [4.78, 5) is 13.7. The summed E-state index contributed by atoms with van der Waals surface area (Å²) in [5, 5.41) is 0. The van der Waals surface area contributed by atoms with Crippen molar-refractivity contribution in [1.29, 1.82) is 0 Å². The van der Waals surface area contributed by atoms with Crippen molar-refractivity contribution in [1.82, 2.24) is 0 Å². The molecular formula is C12H15BrN2OS. The lowest BCUT2D eigenvalue weighted by Gasteiger charge is -2.20. The number of nitrogens with two attached hydrogens (primary N) is 1. The van der Waals surface area contributed by atoms with Crippen LogP contribution in [0.4, 0.5) is 11.4 Å². The minimum atomic E-state index is 0.133. The number of aryl methyl sites for hydroxylation is 1. The van der Waals surface area contributed by atoms with Crippen LogP contribution in [0.5, 0.6) is 0 Å². The van der Waals surface area contributed by atoms with Gasteiger partial charge in [0.1, 0.15) is 0 Å². The number of benzene rings is 1. The second kappa shape index (κ2) is 4.90. The lowest BCUT2D eigenvalue weighted by Crippen LogP contribution is -2.25. The molecule has 1 atom stereocenters. The first-order valence-electron chi connectivity index (χ1n) is 5.49. The first-order valence-corrected chi connectivity index (χ1v) is 6.92. The van der Waals surface area contributed by atoms with Gasteiger partial charge in [-0.2, -0.15) is 12.6 Å². The highest BCUT2D eigenvalue weighted by molar-refractivity contribution is 9.10. The van der Waals surface area contributed by atoms with Crippen LogP contribution < -0.4 is 10.6 Å². The number of carbonyl (C=O) groups excluding carboxylic acids is 1. The van der Waals surface area contributed by atoms with E-state index in [0.29, 0.717) is 24.6 Å². The van der Waals surface area contributed by atoms with E-state index < -0.39 is 0 Å². The van der Waals surface area contributed by atoms with Gasteiger partial charge in [-0.25, -0.2) is 0 Å². The summed E-state index contributed by atoms with van der Waals surface area (Å²) >= 11 is 7.69. The Labute approximate surface area is 115 Å². The zero-order chi connectivity index (χ0) is 12.6. The second-order valence-corrected chi connectivity index (χ2v) is 5.69. The monoisotopic (exact) mass is 314 g/mol. The molecule has 2 rings (SSSR count). The third-order valence-electron chi connectivity index (χ3n) is 3.08. The summed E-state index contributed by atoms with van der Waals surface area (Å²) in [5.74, 6) is 1.19. The number of carbonyl (C=O) groups is 1. The lowest BCUT2D eigenvalue weighted by molar-refractivity contribution is -0.117. The molecule has 1 aliphatic heterocycles. The first-order chi connectivity index (χ1) is 8.02. The van der Waals surface area contributed by atoms with Crippen LogP contribution in [-0.2, 0) is 4.79 Å². The fraction of sp³-hybridized carbons (Fsp3) is 0.417. The summed E-state index contributed by atoms with van der Waals surface area (Å²) in [6, 6.07) is 3.86. The molecule has 1 unspecified atom stereocenters. The first kappa shape index (κ1) is 12.8. The summed E-state index contributed by atoms with van der Waals surface area (Å²) < 4.78 is 0.946. The summed E-state index contributed by atoms with van der Waals surface area (Å²) in [6.07, 6.45) is 0.564. The van der Waals surface area contributed by atoms with Gasteiger partial charge >= 0.3 is 0 Å². The van der Waals surface area contributed by atoms with Crippen molar-refractivity contribution in [3.63, 3.8) is 0 Å². The maximum atomic E-state index is 11.9. The molecule has 1 aromatic rings. The average Bonchev–Trinajstić information content (AvgIpc) is 2.65. The summed E-state index contributed by atoms with van der Waals surface area (Å²) in [5.41, 5.74) is 8.52. The molecule has 0 aliphatic carbocycles. The highest BCUT2D eigenvalue weighted by atomic mass is 79.9. The van der Waals surface area contributed by atoms with Gasteiger partial charge in [0.25, 0.3) is 0 Å². The average molecular weight is 315 g/mol. The van der Waals surface area contributed by atoms with Gasteiger partial charge in [-0.15, -0.1) is 0 Å². The van der Waals surface area contributed by atoms with Crippen molar-refractivity contribution in [2.24, 2.45) is 5.92 Å². The van der Waals surface area contributed by atoms with E-state index >= 15 is 0 Å². The number of nitrogen functional groups attached to an aromatic ring is 1. The summed E-state index contributed by atoms with van der Waals surface area (Å²) in [7, 11) is 0. The molecule has 0 aromatic heterocycles. The van der Waals surface area contributed by atoms with Crippen molar-refractivity contribution in [2.75, 3.05) is 22.9 Å². The lowest BCUT2D eigenvalue weighted by atomic mass is 10.1. The molecule has 3 nitrogen and oxygen atoms in total. The molecule has 0 spiro atoms. The SMILES string of the molecule is Cc1cc(Br)cc(N2CC(CS)CC2=O)c1N. The topological polar surface area (TPSA) is 46.3 Å². The Morgan fingerprint density at radius 2 is 2.29 bits per heavy atom. The molecule has 1 aromatic carbocycles. The van der Waals surface area contributed by atoms with Crippen LogP contribution in [0.15, 0.2) is 16.6 Å². The van der Waals surface area contributed by atoms with Gasteiger partial charge in [-0.1, -0.05) is 15.9 Å². The molecule has 1 aliphatic rings. The van der Waals surface area contributed by atoms with E-state index in [0.717, 1.165) is 21.5 Å². The normalized spacial score (nSPS) is 20.1. The van der Waals surface area contributed by atoms with E-state index in [1.54, 1.807) is 4.90 Å². The van der Waals surface area contributed by atoms with Crippen molar-refractivity contribution in [3.8, 4) is 0 Å². The quantitative estimate of drug-likeness (QED) is 0.651. The Kier molecular flexibility index (Phi) is 3.68. The van der Waals surface area contributed by atoms with Crippen molar-refractivity contribution < 1.29 is 4.79 Å². The highest BCUT2D eigenvalue weighted by Gasteiger charge is 2.31. The third kappa shape index (κ3) is 2.45. The van der Waals surface area contributed by atoms with Gasteiger partial charge < -0.3 is 10.6 Å². The van der Waals surface area contributed by atoms with Gasteiger partial charge in [0.05, 0.1) is 11.4 Å². The van der Waals surface area contributed by atoms with Crippen LogP contribution in [0, 0.1) is 12.8 Å². The molecule has 1 saturated heterocycles.